The number of hydrogen-bond acceptors (Lipinski definition) is 1. The van der Waals surface area contributed by atoms with Crippen LogP contribution in [0.3, 0.4) is 0 Å². The van der Waals surface area contributed by atoms with Crippen molar-refractivity contribution in [1.82, 2.24) is 0 Å². The average molecular weight is 172 g/mol. The van der Waals surface area contributed by atoms with Gasteiger partial charge in [0.15, 0.2) is 0 Å². The van der Waals surface area contributed by atoms with E-state index in [2.05, 4.69) is 27.7 Å². The molecule has 1 N–H and O–H groups in total. The fourth-order valence-electron chi connectivity index (χ4n) is 1.81. The van der Waals surface area contributed by atoms with Crippen LogP contribution in [0.5, 0.6) is 0 Å². The number of rotatable bonds is 6. The molecule has 0 aromatic heterocycles. The molecule has 1 nitrogen and oxygen atoms in total. The molecule has 0 aliphatic heterocycles. The molecular weight excluding hydrogens is 148 g/mol. The standard InChI is InChI=1S/C11H24O/c1-5-7-10(9(3)4)11(12)8-6-2/h9-12H,5-8H2,1-4H3/t10-,11-/m1/s1. The molecule has 0 bridgehead atoms. The molecule has 0 radical (unpaired) electrons. The molecule has 0 aromatic rings. The largest absolute Gasteiger partial charge is 0.393 e. The van der Waals surface area contributed by atoms with Gasteiger partial charge < -0.3 is 5.11 Å². The molecule has 2 atom stereocenters. The predicted molar refractivity (Wildman–Crippen MR) is 54.2 cm³/mol. The monoisotopic (exact) mass is 172 g/mol. The van der Waals surface area contributed by atoms with Crippen molar-refractivity contribution in [2.75, 3.05) is 0 Å². The van der Waals surface area contributed by atoms with E-state index >= 15 is 0 Å². The Balaban J connectivity index is 3.90. The Kier molecular flexibility index (Phi) is 6.45. The lowest BCUT2D eigenvalue weighted by Gasteiger charge is -2.25. The van der Waals surface area contributed by atoms with Crippen LogP contribution in [0.4, 0.5) is 0 Å². The summed E-state index contributed by atoms with van der Waals surface area (Å²) in [6.07, 6.45) is 4.33. The van der Waals surface area contributed by atoms with Gasteiger partial charge >= 0.3 is 0 Å². The van der Waals surface area contributed by atoms with E-state index in [0.717, 1.165) is 12.8 Å². The van der Waals surface area contributed by atoms with Crippen LogP contribution in [0.2, 0.25) is 0 Å². The first kappa shape index (κ1) is 12.0. The second-order valence-electron chi connectivity index (χ2n) is 4.05. The summed E-state index contributed by atoms with van der Waals surface area (Å²) in [7, 11) is 0. The van der Waals surface area contributed by atoms with Crippen LogP contribution in [0.1, 0.15) is 53.4 Å². The molecule has 0 amide bonds. The summed E-state index contributed by atoms with van der Waals surface area (Å²) in [5, 5.41) is 9.81. The van der Waals surface area contributed by atoms with E-state index in [9.17, 15) is 5.11 Å². The first-order valence-corrected chi connectivity index (χ1v) is 5.31. The maximum Gasteiger partial charge on any atom is 0.0570 e. The molecule has 74 valence electrons. The topological polar surface area (TPSA) is 20.2 Å². The van der Waals surface area contributed by atoms with E-state index < -0.39 is 0 Å². The van der Waals surface area contributed by atoms with Crippen LogP contribution < -0.4 is 0 Å². The van der Waals surface area contributed by atoms with Crippen LogP contribution in [-0.2, 0) is 0 Å². The lowest BCUT2D eigenvalue weighted by atomic mass is 9.85. The first-order chi connectivity index (χ1) is 5.63. The summed E-state index contributed by atoms with van der Waals surface area (Å²) in [5.41, 5.74) is 0. The molecule has 0 aliphatic rings. The van der Waals surface area contributed by atoms with Crippen LogP contribution in [0.15, 0.2) is 0 Å². The van der Waals surface area contributed by atoms with Crippen molar-refractivity contribution in [2.45, 2.75) is 59.5 Å². The molecule has 0 aliphatic carbocycles. The van der Waals surface area contributed by atoms with Gasteiger partial charge in [-0.2, -0.15) is 0 Å². The third-order valence-electron chi connectivity index (χ3n) is 2.56. The maximum absolute atomic E-state index is 9.81. The highest BCUT2D eigenvalue weighted by atomic mass is 16.3. The zero-order valence-electron chi connectivity index (χ0n) is 9.01. The van der Waals surface area contributed by atoms with Crippen molar-refractivity contribution in [3.05, 3.63) is 0 Å². The highest BCUT2D eigenvalue weighted by Gasteiger charge is 2.20. The van der Waals surface area contributed by atoms with Gasteiger partial charge in [0.1, 0.15) is 0 Å². The number of aliphatic hydroxyl groups excluding tert-OH is 1. The molecule has 0 rings (SSSR count). The smallest absolute Gasteiger partial charge is 0.0570 e. The van der Waals surface area contributed by atoms with E-state index in [4.69, 9.17) is 0 Å². The van der Waals surface area contributed by atoms with Crippen molar-refractivity contribution in [3.63, 3.8) is 0 Å². The minimum absolute atomic E-state index is 0.0741. The van der Waals surface area contributed by atoms with Gasteiger partial charge in [-0.3, -0.25) is 0 Å². The molecule has 0 fully saturated rings. The van der Waals surface area contributed by atoms with Gasteiger partial charge in [0.2, 0.25) is 0 Å². The fourth-order valence-corrected chi connectivity index (χ4v) is 1.81. The van der Waals surface area contributed by atoms with Gasteiger partial charge in [-0.15, -0.1) is 0 Å². The Bertz CT molecular complexity index is 99.2. The minimum atomic E-state index is -0.0741. The molecule has 0 heterocycles. The molecule has 0 saturated heterocycles. The molecule has 0 unspecified atom stereocenters. The van der Waals surface area contributed by atoms with Crippen molar-refractivity contribution in [1.29, 1.82) is 0 Å². The van der Waals surface area contributed by atoms with Crippen LogP contribution in [-0.4, -0.2) is 11.2 Å². The van der Waals surface area contributed by atoms with Crippen LogP contribution >= 0.6 is 0 Å². The van der Waals surface area contributed by atoms with E-state index in [-0.39, 0.29) is 6.10 Å². The molecule has 1 heteroatoms. The number of hydrogen-bond donors (Lipinski definition) is 1. The SMILES string of the molecule is CCC[C@@H](O)[C@H](CCC)C(C)C. The average Bonchev–Trinajstić information content (AvgIpc) is 1.99. The summed E-state index contributed by atoms with van der Waals surface area (Å²) < 4.78 is 0. The fraction of sp³-hybridized carbons (Fsp3) is 1.00. The van der Waals surface area contributed by atoms with Gasteiger partial charge in [-0.1, -0.05) is 40.5 Å². The highest BCUT2D eigenvalue weighted by molar-refractivity contribution is 4.71. The normalized spacial score (nSPS) is 16.5. The third-order valence-corrected chi connectivity index (χ3v) is 2.56. The van der Waals surface area contributed by atoms with Crippen LogP contribution in [0.25, 0.3) is 0 Å². The summed E-state index contributed by atoms with van der Waals surface area (Å²) in [4.78, 5) is 0. The van der Waals surface area contributed by atoms with Crippen molar-refractivity contribution in [3.8, 4) is 0 Å². The van der Waals surface area contributed by atoms with E-state index in [0.29, 0.717) is 11.8 Å². The van der Waals surface area contributed by atoms with E-state index in [1.54, 1.807) is 0 Å². The summed E-state index contributed by atoms with van der Waals surface area (Å²) in [5.74, 6) is 1.13. The van der Waals surface area contributed by atoms with Crippen molar-refractivity contribution >= 4 is 0 Å². The number of aliphatic hydroxyl groups is 1. The highest BCUT2D eigenvalue weighted by Crippen LogP contribution is 2.23. The summed E-state index contributed by atoms with van der Waals surface area (Å²) in [6, 6.07) is 0. The molecule has 0 saturated carbocycles. The van der Waals surface area contributed by atoms with Gasteiger partial charge in [0, 0.05) is 0 Å². The second-order valence-corrected chi connectivity index (χ2v) is 4.05. The van der Waals surface area contributed by atoms with Crippen LogP contribution in [0, 0.1) is 11.8 Å². The van der Waals surface area contributed by atoms with Gasteiger partial charge in [-0.25, -0.2) is 0 Å². The maximum atomic E-state index is 9.81. The van der Waals surface area contributed by atoms with Gasteiger partial charge in [0.05, 0.1) is 6.10 Å². The second kappa shape index (κ2) is 6.47. The zero-order chi connectivity index (χ0) is 9.56. The lowest BCUT2D eigenvalue weighted by molar-refractivity contribution is 0.0674. The van der Waals surface area contributed by atoms with E-state index in [1.807, 2.05) is 0 Å². The zero-order valence-corrected chi connectivity index (χ0v) is 9.01. The quantitative estimate of drug-likeness (QED) is 0.652. The van der Waals surface area contributed by atoms with Gasteiger partial charge in [-0.05, 0) is 24.7 Å². The first-order valence-electron chi connectivity index (χ1n) is 5.31. The molecule has 12 heavy (non-hydrogen) atoms. The molecular formula is C11H24O. The van der Waals surface area contributed by atoms with E-state index in [1.165, 1.54) is 12.8 Å². The van der Waals surface area contributed by atoms with Crippen molar-refractivity contribution < 1.29 is 5.11 Å². The summed E-state index contributed by atoms with van der Waals surface area (Å²) in [6.45, 7) is 8.74. The summed E-state index contributed by atoms with van der Waals surface area (Å²) >= 11 is 0. The third kappa shape index (κ3) is 4.10. The Labute approximate surface area is 77.2 Å². The minimum Gasteiger partial charge on any atom is -0.393 e. The van der Waals surface area contributed by atoms with Crippen molar-refractivity contribution in [2.24, 2.45) is 11.8 Å². The Morgan fingerprint density at radius 3 is 1.83 bits per heavy atom. The molecule has 0 spiro atoms. The van der Waals surface area contributed by atoms with Gasteiger partial charge in [0.25, 0.3) is 0 Å². The Hall–Kier alpha value is -0.0400. The Morgan fingerprint density at radius 2 is 1.50 bits per heavy atom. The molecule has 0 aromatic carbocycles. The lowest BCUT2D eigenvalue weighted by Crippen LogP contribution is -2.24. The Morgan fingerprint density at radius 1 is 1.00 bits per heavy atom. The predicted octanol–water partition coefficient (Wildman–Crippen LogP) is 3.22.